The predicted octanol–water partition coefficient (Wildman–Crippen LogP) is 3.97. The zero-order chi connectivity index (χ0) is 18.5. The topological polar surface area (TPSA) is 59.8 Å². The molecule has 5 nitrogen and oxygen atoms in total. The van der Waals surface area contributed by atoms with Gasteiger partial charge in [0, 0.05) is 18.2 Å². The Balaban J connectivity index is 1.56. The average molecular weight is 364 g/mol. The van der Waals surface area contributed by atoms with Crippen LogP contribution < -0.4 is 5.32 Å². The highest BCUT2D eigenvalue weighted by Crippen LogP contribution is 2.48. The fraction of sp³-hybridized carbons (Fsp3) is 0.500. The van der Waals surface area contributed by atoms with Crippen LogP contribution in [0.3, 0.4) is 0 Å². The van der Waals surface area contributed by atoms with Crippen molar-refractivity contribution in [3.8, 4) is 5.82 Å². The molecule has 2 aliphatic carbocycles. The molecular formula is C18H19F3N4O. The number of rotatable bonds is 3. The first kappa shape index (κ1) is 17.1. The van der Waals surface area contributed by atoms with Gasteiger partial charge in [-0.25, -0.2) is 4.98 Å². The first-order chi connectivity index (χ1) is 12.3. The van der Waals surface area contributed by atoms with Crippen molar-refractivity contribution in [2.75, 3.05) is 5.32 Å². The Hall–Kier alpha value is -2.38. The lowest BCUT2D eigenvalue weighted by Crippen LogP contribution is -2.28. The number of pyridine rings is 1. The highest BCUT2D eigenvalue weighted by Gasteiger charge is 2.43. The standard InChI is InChI=1S/C18H19F3N4O/c1-10-6-16(23-17(26)14-8-11-2-3-12(14)7-11)25(24-10)15-5-4-13(9-22-15)18(19,20)21/h4-6,9,11-12,14H,2-3,7-8H2,1H3,(H,23,26)/t11-,12-,14+/m0/s1. The molecule has 1 amide bonds. The molecule has 0 spiro atoms. The van der Waals surface area contributed by atoms with E-state index in [2.05, 4.69) is 15.4 Å². The van der Waals surface area contributed by atoms with Gasteiger partial charge in [-0.3, -0.25) is 4.79 Å². The van der Waals surface area contributed by atoms with E-state index in [9.17, 15) is 18.0 Å². The minimum Gasteiger partial charge on any atom is -0.310 e. The SMILES string of the molecule is Cc1cc(NC(=O)[C@@H]2C[C@H]3CC[C@H]2C3)n(-c2ccc(C(F)(F)F)cn2)n1. The van der Waals surface area contributed by atoms with Crippen LogP contribution in [0.2, 0.25) is 0 Å². The van der Waals surface area contributed by atoms with E-state index in [1.165, 1.54) is 17.2 Å². The number of hydrogen-bond acceptors (Lipinski definition) is 3. The van der Waals surface area contributed by atoms with Crippen LogP contribution in [-0.2, 0) is 11.0 Å². The van der Waals surface area contributed by atoms with E-state index >= 15 is 0 Å². The maximum atomic E-state index is 12.7. The predicted molar refractivity (Wildman–Crippen MR) is 88.7 cm³/mol. The number of nitrogens with one attached hydrogen (secondary N) is 1. The molecule has 0 saturated heterocycles. The van der Waals surface area contributed by atoms with Gasteiger partial charge in [0.2, 0.25) is 5.91 Å². The first-order valence-electron chi connectivity index (χ1n) is 8.72. The number of halogens is 3. The fourth-order valence-electron chi connectivity index (χ4n) is 4.23. The highest BCUT2D eigenvalue weighted by atomic mass is 19.4. The zero-order valence-corrected chi connectivity index (χ0v) is 14.3. The summed E-state index contributed by atoms with van der Waals surface area (Å²) in [6.07, 6.45) is 0.680. The van der Waals surface area contributed by atoms with Crippen molar-refractivity contribution in [1.82, 2.24) is 14.8 Å². The van der Waals surface area contributed by atoms with E-state index < -0.39 is 11.7 Å². The van der Waals surface area contributed by atoms with Crippen molar-refractivity contribution in [1.29, 1.82) is 0 Å². The number of carbonyl (C=O) groups excluding carboxylic acids is 1. The number of aromatic nitrogens is 3. The lowest BCUT2D eigenvalue weighted by Gasteiger charge is -2.20. The molecule has 0 aliphatic heterocycles. The van der Waals surface area contributed by atoms with Gasteiger partial charge in [-0.15, -0.1) is 0 Å². The van der Waals surface area contributed by atoms with Crippen LogP contribution in [0.5, 0.6) is 0 Å². The van der Waals surface area contributed by atoms with Crippen LogP contribution in [0.25, 0.3) is 5.82 Å². The van der Waals surface area contributed by atoms with Crippen LogP contribution >= 0.6 is 0 Å². The molecule has 8 heteroatoms. The van der Waals surface area contributed by atoms with Crippen LogP contribution in [-0.4, -0.2) is 20.7 Å². The van der Waals surface area contributed by atoms with E-state index in [0.29, 0.717) is 23.3 Å². The molecule has 138 valence electrons. The Labute approximate surface area is 148 Å². The van der Waals surface area contributed by atoms with Gasteiger partial charge >= 0.3 is 6.18 Å². The van der Waals surface area contributed by atoms with E-state index in [0.717, 1.165) is 31.5 Å². The summed E-state index contributed by atoms with van der Waals surface area (Å²) >= 11 is 0. The molecule has 3 atom stereocenters. The maximum absolute atomic E-state index is 12.7. The molecule has 2 aromatic heterocycles. The summed E-state index contributed by atoms with van der Waals surface area (Å²) in [4.78, 5) is 16.5. The third-order valence-corrected chi connectivity index (χ3v) is 5.45. The average Bonchev–Trinajstić information content (AvgIpc) is 3.29. The first-order valence-corrected chi connectivity index (χ1v) is 8.72. The normalized spacial score (nSPS) is 24.8. The van der Waals surface area contributed by atoms with Crippen molar-refractivity contribution in [3.05, 3.63) is 35.7 Å². The molecule has 2 bridgehead atoms. The van der Waals surface area contributed by atoms with Gasteiger partial charge in [-0.1, -0.05) is 6.42 Å². The Morgan fingerprint density at radius 1 is 1.27 bits per heavy atom. The summed E-state index contributed by atoms with van der Waals surface area (Å²) in [7, 11) is 0. The lowest BCUT2D eigenvalue weighted by molar-refractivity contribution is -0.137. The van der Waals surface area contributed by atoms with Crippen LogP contribution in [0.4, 0.5) is 19.0 Å². The third-order valence-electron chi connectivity index (χ3n) is 5.45. The Morgan fingerprint density at radius 3 is 2.65 bits per heavy atom. The molecule has 2 aliphatic rings. The van der Waals surface area contributed by atoms with Gasteiger partial charge in [0.05, 0.1) is 11.3 Å². The second-order valence-corrected chi connectivity index (χ2v) is 7.26. The second kappa shape index (κ2) is 6.10. The molecule has 4 rings (SSSR count). The van der Waals surface area contributed by atoms with Gasteiger partial charge in [-0.2, -0.15) is 23.0 Å². The third kappa shape index (κ3) is 3.08. The largest absolute Gasteiger partial charge is 0.417 e. The number of nitrogens with zero attached hydrogens (tertiary/aromatic N) is 3. The summed E-state index contributed by atoms with van der Waals surface area (Å²) in [5.74, 6) is 1.74. The highest BCUT2D eigenvalue weighted by molar-refractivity contribution is 5.92. The number of hydrogen-bond donors (Lipinski definition) is 1. The minimum atomic E-state index is -4.44. The Kier molecular flexibility index (Phi) is 4.00. The van der Waals surface area contributed by atoms with E-state index in [4.69, 9.17) is 0 Å². The smallest absolute Gasteiger partial charge is 0.310 e. The number of fused-ring (bicyclic) bond motifs is 2. The summed E-state index contributed by atoms with van der Waals surface area (Å²) in [6.45, 7) is 1.76. The van der Waals surface area contributed by atoms with E-state index in [1.807, 2.05) is 0 Å². The van der Waals surface area contributed by atoms with Crippen molar-refractivity contribution in [2.24, 2.45) is 17.8 Å². The molecule has 26 heavy (non-hydrogen) atoms. The molecule has 0 radical (unpaired) electrons. The molecule has 2 aromatic rings. The lowest BCUT2D eigenvalue weighted by atomic mass is 9.88. The number of anilines is 1. The number of amides is 1. The second-order valence-electron chi connectivity index (χ2n) is 7.26. The number of aryl methyl sites for hydroxylation is 1. The van der Waals surface area contributed by atoms with Gasteiger partial charge in [0.25, 0.3) is 0 Å². The number of carbonyl (C=O) groups is 1. The van der Waals surface area contributed by atoms with E-state index in [1.54, 1.807) is 13.0 Å². The van der Waals surface area contributed by atoms with Crippen molar-refractivity contribution in [2.45, 2.75) is 38.8 Å². The van der Waals surface area contributed by atoms with E-state index in [-0.39, 0.29) is 17.6 Å². The zero-order valence-electron chi connectivity index (χ0n) is 14.3. The maximum Gasteiger partial charge on any atom is 0.417 e. The Morgan fingerprint density at radius 2 is 2.08 bits per heavy atom. The van der Waals surface area contributed by atoms with Crippen LogP contribution in [0, 0.1) is 24.7 Å². The van der Waals surface area contributed by atoms with Gasteiger partial charge < -0.3 is 5.32 Å². The monoisotopic (exact) mass is 364 g/mol. The van der Waals surface area contributed by atoms with Crippen molar-refractivity contribution < 1.29 is 18.0 Å². The number of alkyl halides is 3. The van der Waals surface area contributed by atoms with Crippen molar-refractivity contribution in [3.63, 3.8) is 0 Å². The van der Waals surface area contributed by atoms with Crippen LogP contribution in [0.15, 0.2) is 24.4 Å². The van der Waals surface area contributed by atoms with Gasteiger partial charge in [0.15, 0.2) is 5.82 Å². The summed E-state index contributed by atoms with van der Waals surface area (Å²) < 4.78 is 39.5. The van der Waals surface area contributed by atoms with Crippen molar-refractivity contribution >= 4 is 11.7 Å². The molecule has 2 fully saturated rings. The van der Waals surface area contributed by atoms with Gasteiger partial charge in [0.1, 0.15) is 5.82 Å². The summed E-state index contributed by atoms with van der Waals surface area (Å²) in [5, 5.41) is 7.16. The minimum absolute atomic E-state index is 0.0120. The molecule has 0 aromatic carbocycles. The quantitative estimate of drug-likeness (QED) is 0.897. The Bertz CT molecular complexity index is 828. The molecule has 2 saturated carbocycles. The van der Waals surface area contributed by atoms with Gasteiger partial charge in [-0.05, 0) is 50.2 Å². The summed E-state index contributed by atoms with van der Waals surface area (Å²) in [5.41, 5.74) is -0.173. The van der Waals surface area contributed by atoms with Crippen LogP contribution in [0.1, 0.15) is 36.9 Å². The molecule has 2 heterocycles. The molecular weight excluding hydrogens is 345 g/mol. The molecule has 1 N–H and O–H groups in total. The summed E-state index contributed by atoms with van der Waals surface area (Å²) in [6, 6.07) is 3.91. The fourth-order valence-corrected chi connectivity index (χ4v) is 4.23. The molecule has 0 unspecified atom stereocenters.